The summed E-state index contributed by atoms with van der Waals surface area (Å²) in [5, 5.41) is 9.60. The van der Waals surface area contributed by atoms with Crippen LogP contribution < -0.4 is 0 Å². The first kappa shape index (κ1) is 13.0. The van der Waals surface area contributed by atoms with Gasteiger partial charge in [0, 0.05) is 5.56 Å². The lowest BCUT2D eigenvalue weighted by atomic mass is 9.99. The van der Waals surface area contributed by atoms with E-state index in [1.165, 1.54) is 19.9 Å². The summed E-state index contributed by atoms with van der Waals surface area (Å²) >= 11 is 0. The van der Waals surface area contributed by atoms with E-state index in [0.717, 1.165) is 11.1 Å². The first-order valence-corrected chi connectivity index (χ1v) is 5.94. The first-order valence-electron chi connectivity index (χ1n) is 5.94. The van der Waals surface area contributed by atoms with E-state index >= 15 is 0 Å². The minimum Gasteiger partial charge on any atom is -0.507 e. The van der Waals surface area contributed by atoms with Gasteiger partial charge >= 0.3 is 0 Å². The quantitative estimate of drug-likeness (QED) is 0.853. The number of benzene rings is 2. The highest BCUT2D eigenvalue weighted by atomic mass is 16.3. The van der Waals surface area contributed by atoms with Crippen LogP contribution in [-0.2, 0) is 0 Å². The third kappa shape index (κ3) is 2.71. The molecule has 0 radical (unpaired) electrons. The summed E-state index contributed by atoms with van der Waals surface area (Å²) in [5.74, 6) is -0.182. The van der Waals surface area contributed by atoms with E-state index in [2.05, 4.69) is 0 Å². The van der Waals surface area contributed by atoms with Crippen molar-refractivity contribution in [1.29, 1.82) is 0 Å². The van der Waals surface area contributed by atoms with Crippen molar-refractivity contribution in [3.05, 3.63) is 53.6 Å². The van der Waals surface area contributed by atoms with Crippen molar-refractivity contribution in [2.75, 3.05) is 0 Å². The molecule has 2 aromatic carbocycles. The topological polar surface area (TPSA) is 54.4 Å². The number of hydrogen-bond donors (Lipinski definition) is 1. The van der Waals surface area contributed by atoms with Gasteiger partial charge in [0.2, 0.25) is 0 Å². The molecule has 96 valence electrons. The fourth-order valence-corrected chi connectivity index (χ4v) is 1.89. The molecule has 0 amide bonds. The molecule has 2 rings (SSSR count). The van der Waals surface area contributed by atoms with Crippen LogP contribution >= 0.6 is 0 Å². The van der Waals surface area contributed by atoms with Gasteiger partial charge in [0.05, 0.1) is 5.56 Å². The molecule has 0 aromatic heterocycles. The van der Waals surface area contributed by atoms with Gasteiger partial charge in [0.1, 0.15) is 5.75 Å². The summed E-state index contributed by atoms with van der Waals surface area (Å²) in [6.07, 6.45) is 0. The molecule has 0 aliphatic carbocycles. The van der Waals surface area contributed by atoms with Crippen molar-refractivity contribution in [1.82, 2.24) is 0 Å². The zero-order valence-electron chi connectivity index (χ0n) is 10.8. The summed E-state index contributed by atoms with van der Waals surface area (Å²) in [5.41, 5.74) is 2.67. The number of carbonyl (C=O) groups is 2. The summed E-state index contributed by atoms with van der Waals surface area (Å²) < 4.78 is 0. The van der Waals surface area contributed by atoms with E-state index in [1.54, 1.807) is 24.3 Å². The molecule has 3 heteroatoms. The van der Waals surface area contributed by atoms with Gasteiger partial charge in [-0.25, -0.2) is 0 Å². The number of aromatic hydroxyl groups is 1. The molecule has 0 fully saturated rings. The van der Waals surface area contributed by atoms with Crippen LogP contribution in [0.25, 0.3) is 11.1 Å². The first-order chi connectivity index (χ1) is 8.99. The monoisotopic (exact) mass is 254 g/mol. The Kier molecular flexibility index (Phi) is 3.47. The minimum atomic E-state index is -0.181. The Hall–Kier alpha value is -2.42. The van der Waals surface area contributed by atoms with Crippen LogP contribution in [0.15, 0.2) is 42.5 Å². The molecule has 0 bridgehead atoms. The number of hydrogen-bond acceptors (Lipinski definition) is 3. The molecule has 0 aliphatic rings. The number of rotatable bonds is 3. The van der Waals surface area contributed by atoms with Gasteiger partial charge in [-0.3, -0.25) is 9.59 Å². The molecule has 0 aliphatic heterocycles. The predicted molar refractivity (Wildman–Crippen MR) is 73.6 cm³/mol. The molecular formula is C16H14O3. The lowest BCUT2D eigenvalue weighted by molar-refractivity contribution is 0.100. The van der Waals surface area contributed by atoms with Crippen molar-refractivity contribution in [2.24, 2.45) is 0 Å². The second-order valence-electron chi connectivity index (χ2n) is 4.42. The molecule has 0 atom stereocenters. The zero-order valence-corrected chi connectivity index (χ0v) is 10.8. The van der Waals surface area contributed by atoms with E-state index in [0.29, 0.717) is 11.1 Å². The van der Waals surface area contributed by atoms with Crippen LogP contribution in [-0.4, -0.2) is 16.7 Å². The average Bonchev–Trinajstić information content (AvgIpc) is 2.39. The van der Waals surface area contributed by atoms with Crippen molar-refractivity contribution >= 4 is 11.6 Å². The second kappa shape index (κ2) is 5.06. The van der Waals surface area contributed by atoms with Gasteiger partial charge < -0.3 is 5.11 Å². The SMILES string of the molecule is CC(=O)c1ccc(-c2ccc(O)c(C(C)=O)c2)cc1. The zero-order chi connectivity index (χ0) is 14.0. The highest BCUT2D eigenvalue weighted by molar-refractivity contribution is 5.98. The summed E-state index contributed by atoms with van der Waals surface area (Å²) in [4.78, 5) is 22.6. The van der Waals surface area contributed by atoms with Crippen LogP contribution in [0.3, 0.4) is 0 Å². The van der Waals surface area contributed by atoms with Crippen LogP contribution in [0.1, 0.15) is 34.6 Å². The normalized spacial score (nSPS) is 10.2. The second-order valence-corrected chi connectivity index (χ2v) is 4.42. The van der Waals surface area contributed by atoms with Crippen molar-refractivity contribution in [3.63, 3.8) is 0 Å². The van der Waals surface area contributed by atoms with Crippen molar-refractivity contribution in [3.8, 4) is 16.9 Å². The number of Topliss-reactive ketones (excluding diaryl/α,β-unsaturated/α-hetero) is 2. The van der Waals surface area contributed by atoms with Gasteiger partial charge in [-0.15, -0.1) is 0 Å². The maximum atomic E-state index is 11.4. The molecule has 1 N–H and O–H groups in total. The Morgan fingerprint density at radius 3 is 1.95 bits per heavy atom. The number of phenols is 1. The lowest BCUT2D eigenvalue weighted by Gasteiger charge is -2.06. The highest BCUT2D eigenvalue weighted by Gasteiger charge is 2.08. The fourth-order valence-electron chi connectivity index (χ4n) is 1.89. The smallest absolute Gasteiger partial charge is 0.163 e. The maximum Gasteiger partial charge on any atom is 0.163 e. The van der Waals surface area contributed by atoms with Gasteiger partial charge in [-0.05, 0) is 37.1 Å². The third-order valence-corrected chi connectivity index (χ3v) is 3.00. The molecule has 0 saturated carbocycles. The van der Waals surface area contributed by atoms with E-state index in [9.17, 15) is 14.7 Å². The van der Waals surface area contributed by atoms with E-state index in [-0.39, 0.29) is 17.3 Å². The Morgan fingerprint density at radius 2 is 1.42 bits per heavy atom. The van der Waals surface area contributed by atoms with Crippen LogP contribution in [0.5, 0.6) is 5.75 Å². The average molecular weight is 254 g/mol. The molecule has 3 nitrogen and oxygen atoms in total. The van der Waals surface area contributed by atoms with Crippen molar-refractivity contribution < 1.29 is 14.7 Å². The number of carbonyl (C=O) groups excluding carboxylic acids is 2. The number of phenolic OH excluding ortho intramolecular Hbond substituents is 1. The third-order valence-electron chi connectivity index (χ3n) is 3.00. The maximum absolute atomic E-state index is 11.4. The summed E-state index contributed by atoms with van der Waals surface area (Å²) in [7, 11) is 0. The van der Waals surface area contributed by atoms with Gasteiger partial charge in [0.25, 0.3) is 0 Å². The van der Waals surface area contributed by atoms with Crippen LogP contribution in [0, 0.1) is 0 Å². The molecular weight excluding hydrogens is 240 g/mol. The molecule has 0 saturated heterocycles. The molecule has 2 aromatic rings. The van der Waals surface area contributed by atoms with Gasteiger partial charge in [0.15, 0.2) is 11.6 Å². The number of ketones is 2. The minimum absolute atomic E-state index is 0.0154. The Labute approximate surface area is 111 Å². The lowest BCUT2D eigenvalue weighted by Crippen LogP contribution is -1.94. The highest BCUT2D eigenvalue weighted by Crippen LogP contribution is 2.26. The largest absolute Gasteiger partial charge is 0.507 e. The van der Waals surface area contributed by atoms with Gasteiger partial charge in [-0.2, -0.15) is 0 Å². The Balaban J connectivity index is 2.44. The van der Waals surface area contributed by atoms with E-state index in [1.807, 2.05) is 12.1 Å². The predicted octanol–water partition coefficient (Wildman–Crippen LogP) is 3.46. The molecule has 0 unspecified atom stereocenters. The summed E-state index contributed by atoms with van der Waals surface area (Å²) in [6, 6.07) is 12.0. The van der Waals surface area contributed by atoms with Crippen LogP contribution in [0.2, 0.25) is 0 Å². The molecule has 19 heavy (non-hydrogen) atoms. The Bertz CT molecular complexity index is 640. The molecule has 0 spiro atoms. The van der Waals surface area contributed by atoms with Crippen molar-refractivity contribution in [2.45, 2.75) is 13.8 Å². The van der Waals surface area contributed by atoms with Crippen LogP contribution in [0.4, 0.5) is 0 Å². The van der Waals surface area contributed by atoms with Gasteiger partial charge in [-0.1, -0.05) is 30.3 Å². The fraction of sp³-hybridized carbons (Fsp3) is 0.125. The molecule has 0 heterocycles. The Morgan fingerprint density at radius 1 is 0.842 bits per heavy atom. The van der Waals surface area contributed by atoms with E-state index in [4.69, 9.17) is 0 Å². The van der Waals surface area contributed by atoms with E-state index < -0.39 is 0 Å². The standard InChI is InChI=1S/C16H14O3/c1-10(17)12-3-5-13(6-4-12)14-7-8-16(19)15(9-14)11(2)18/h3-9,19H,1-2H3. The summed E-state index contributed by atoms with van der Waals surface area (Å²) in [6.45, 7) is 2.93.